The largest absolute Gasteiger partial charge is 0.455 e. The minimum absolute atomic E-state index is 0.00161. The molecule has 1 aliphatic carbocycles. The lowest BCUT2D eigenvalue weighted by Gasteiger charge is -2.06. The van der Waals surface area contributed by atoms with Crippen molar-refractivity contribution >= 4 is 35.2 Å². The Labute approximate surface area is 133 Å². The minimum Gasteiger partial charge on any atom is -0.455 e. The van der Waals surface area contributed by atoms with Gasteiger partial charge in [0.2, 0.25) is 0 Å². The van der Waals surface area contributed by atoms with E-state index < -0.39 is 0 Å². The molecule has 1 aliphatic rings. The third-order valence-corrected chi connectivity index (χ3v) is 4.53. The molecule has 21 heavy (non-hydrogen) atoms. The van der Waals surface area contributed by atoms with Gasteiger partial charge in [-0.2, -0.15) is 0 Å². The number of amides is 1. The molecule has 1 N–H and O–H groups in total. The molecule has 1 amide bonds. The second kappa shape index (κ2) is 7.71. The predicted octanol–water partition coefficient (Wildman–Crippen LogP) is 2.75. The number of nitrogens with one attached hydrogen (secondary N) is 1. The molecular weight excluding hydrogens is 310 g/mol. The number of esters is 1. The molecule has 114 valence electrons. The molecule has 0 aliphatic heterocycles. The van der Waals surface area contributed by atoms with Crippen LogP contribution in [0.2, 0.25) is 5.02 Å². The SMILES string of the molecule is C[C@@H]1C[C@@H]1C(=O)OCC(=O)NCCSc1ccc(Cl)cc1. The number of carbonyl (C=O) groups excluding carboxylic acids is 2. The quantitative estimate of drug-likeness (QED) is 0.475. The van der Waals surface area contributed by atoms with Crippen molar-refractivity contribution in [3.05, 3.63) is 29.3 Å². The number of hydrogen-bond acceptors (Lipinski definition) is 4. The van der Waals surface area contributed by atoms with E-state index in [0.29, 0.717) is 17.5 Å². The topological polar surface area (TPSA) is 55.4 Å². The average molecular weight is 328 g/mol. The lowest BCUT2D eigenvalue weighted by Crippen LogP contribution is -2.30. The number of thioether (sulfide) groups is 1. The smallest absolute Gasteiger partial charge is 0.309 e. The van der Waals surface area contributed by atoms with Crippen molar-refractivity contribution in [3.8, 4) is 0 Å². The zero-order chi connectivity index (χ0) is 15.2. The summed E-state index contributed by atoms with van der Waals surface area (Å²) in [5.41, 5.74) is 0. The Morgan fingerprint density at radius 1 is 1.38 bits per heavy atom. The second-order valence-corrected chi connectivity index (χ2v) is 6.68. The molecule has 2 rings (SSSR count). The van der Waals surface area contributed by atoms with Crippen LogP contribution >= 0.6 is 23.4 Å². The van der Waals surface area contributed by atoms with E-state index in [9.17, 15) is 9.59 Å². The molecule has 1 aromatic carbocycles. The van der Waals surface area contributed by atoms with Gasteiger partial charge in [-0.3, -0.25) is 9.59 Å². The van der Waals surface area contributed by atoms with Gasteiger partial charge in [0.05, 0.1) is 5.92 Å². The summed E-state index contributed by atoms with van der Waals surface area (Å²) in [6.07, 6.45) is 0.873. The first-order chi connectivity index (χ1) is 10.1. The summed E-state index contributed by atoms with van der Waals surface area (Å²) >= 11 is 7.43. The summed E-state index contributed by atoms with van der Waals surface area (Å²) in [6, 6.07) is 7.54. The molecule has 2 atom stereocenters. The fourth-order valence-corrected chi connectivity index (χ4v) is 2.73. The number of ether oxygens (including phenoxy) is 1. The van der Waals surface area contributed by atoms with Crippen molar-refractivity contribution in [3.63, 3.8) is 0 Å². The predicted molar refractivity (Wildman–Crippen MR) is 83.4 cm³/mol. The third kappa shape index (κ3) is 5.59. The fraction of sp³-hybridized carbons (Fsp3) is 0.467. The van der Waals surface area contributed by atoms with Crippen molar-refractivity contribution in [2.45, 2.75) is 18.2 Å². The van der Waals surface area contributed by atoms with Crippen molar-refractivity contribution < 1.29 is 14.3 Å². The number of rotatable bonds is 7. The van der Waals surface area contributed by atoms with Gasteiger partial charge in [-0.15, -0.1) is 11.8 Å². The van der Waals surface area contributed by atoms with E-state index >= 15 is 0 Å². The molecule has 0 unspecified atom stereocenters. The Bertz CT molecular complexity index is 506. The number of carbonyl (C=O) groups is 2. The molecule has 1 saturated carbocycles. The molecule has 0 heterocycles. The van der Waals surface area contributed by atoms with Crippen LogP contribution in [-0.4, -0.2) is 30.8 Å². The Kier molecular flexibility index (Phi) is 5.94. The van der Waals surface area contributed by atoms with Crippen LogP contribution in [0.15, 0.2) is 29.2 Å². The Morgan fingerprint density at radius 2 is 2.05 bits per heavy atom. The lowest BCUT2D eigenvalue weighted by atomic mass is 10.3. The summed E-state index contributed by atoms with van der Waals surface area (Å²) in [5, 5.41) is 3.43. The standard InChI is InChI=1S/C15H18ClNO3S/c1-10-8-13(10)15(19)20-9-14(18)17-6-7-21-12-4-2-11(16)3-5-12/h2-5,10,13H,6-9H2,1H3,(H,17,18)/t10-,13+/m1/s1. The Morgan fingerprint density at radius 3 is 2.67 bits per heavy atom. The van der Waals surface area contributed by atoms with E-state index in [1.807, 2.05) is 31.2 Å². The van der Waals surface area contributed by atoms with Gasteiger partial charge in [0.1, 0.15) is 0 Å². The molecule has 0 spiro atoms. The highest BCUT2D eigenvalue weighted by atomic mass is 35.5. The van der Waals surface area contributed by atoms with Gasteiger partial charge in [0.25, 0.3) is 5.91 Å². The minimum atomic E-state index is -0.256. The molecule has 6 heteroatoms. The number of benzene rings is 1. The van der Waals surface area contributed by atoms with Crippen LogP contribution in [0.5, 0.6) is 0 Å². The van der Waals surface area contributed by atoms with E-state index in [1.54, 1.807) is 11.8 Å². The lowest BCUT2D eigenvalue weighted by molar-refractivity contribution is -0.150. The van der Waals surface area contributed by atoms with Gasteiger partial charge in [-0.1, -0.05) is 18.5 Å². The molecule has 0 aromatic heterocycles. The highest BCUT2D eigenvalue weighted by Crippen LogP contribution is 2.38. The Hall–Kier alpha value is -1.20. The summed E-state index contributed by atoms with van der Waals surface area (Å²) in [5.74, 6) is 0.636. The van der Waals surface area contributed by atoms with Crippen molar-refractivity contribution in [2.24, 2.45) is 11.8 Å². The van der Waals surface area contributed by atoms with Crippen LogP contribution < -0.4 is 5.32 Å². The van der Waals surface area contributed by atoms with Gasteiger partial charge >= 0.3 is 5.97 Å². The van der Waals surface area contributed by atoms with Crippen molar-refractivity contribution in [1.82, 2.24) is 5.32 Å². The van der Waals surface area contributed by atoms with E-state index in [1.165, 1.54) is 0 Å². The van der Waals surface area contributed by atoms with Gasteiger partial charge < -0.3 is 10.1 Å². The molecule has 0 bridgehead atoms. The summed E-state index contributed by atoms with van der Waals surface area (Å²) in [4.78, 5) is 24.1. The number of halogens is 1. The van der Waals surface area contributed by atoms with Crippen molar-refractivity contribution in [1.29, 1.82) is 0 Å². The van der Waals surface area contributed by atoms with E-state index in [-0.39, 0.29) is 24.4 Å². The van der Waals surface area contributed by atoms with Crippen LogP contribution in [-0.2, 0) is 14.3 Å². The second-order valence-electron chi connectivity index (χ2n) is 5.08. The van der Waals surface area contributed by atoms with Crippen LogP contribution in [0, 0.1) is 11.8 Å². The van der Waals surface area contributed by atoms with Gasteiger partial charge in [-0.25, -0.2) is 0 Å². The summed E-state index contributed by atoms with van der Waals surface area (Å²) in [7, 11) is 0. The Balaban J connectivity index is 1.54. The van der Waals surface area contributed by atoms with E-state index in [4.69, 9.17) is 16.3 Å². The molecule has 1 fully saturated rings. The van der Waals surface area contributed by atoms with Crippen LogP contribution in [0.4, 0.5) is 0 Å². The van der Waals surface area contributed by atoms with E-state index in [0.717, 1.165) is 17.1 Å². The monoisotopic (exact) mass is 327 g/mol. The molecule has 0 saturated heterocycles. The fourth-order valence-electron chi connectivity index (χ4n) is 1.84. The first kappa shape index (κ1) is 16.2. The van der Waals surface area contributed by atoms with Gasteiger partial charge in [0, 0.05) is 22.2 Å². The highest BCUT2D eigenvalue weighted by Gasteiger charge is 2.40. The number of hydrogen-bond donors (Lipinski definition) is 1. The maximum absolute atomic E-state index is 11.5. The summed E-state index contributed by atoms with van der Waals surface area (Å²) < 4.78 is 4.95. The third-order valence-electron chi connectivity index (χ3n) is 3.26. The van der Waals surface area contributed by atoms with E-state index in [2.05, 4.69) is 5.32 Å². The first-order valence-electron chi connectivity index (χ1n) is 6.88. The molecular formula is C15H18ClNO3S. The van der Waals surface area contributed by atoms with Crippen molar-refractivity contribution in [2.75, 3.05) is 18.9 Å². The first-order valence-corrected chi connectivity index (χ1v) is 8.24. The molecule has 1 aromatic rings. The normalized spacial score (nSPS) is 19.9. The van der Waals surface area contributed by atoms with Crippen LogP contribution in [0.25, 0.3) is 0 Å². The van der Waals surface area contributed by atoms with Gasteiger partial charge in [-0.05, 0) is 36.6 Å². The molecule has 4 nitrogen and oxygen atoms in total. The maximum atomic E-state index is 11.5. The zero-order valence-corrected chi connectivity index (χ0v) is 13.4. The highest BCUT2D eigenvalue weighted by molar-refractivity contribution is 7.99. The molecule has 0 radical (unpaired) electrons. The van der Waals surface area contributed by atoms with Gasteiger partial charge in [0.15, 0.2) is 6.61 Å². The van der Waals surface area contributed by atoms with Crippen LogP contribution in [0.1, 0.15) is 13.3 Å². The average Bonchev–Trinajstić information content (AvgIpc) is 3.20. The van der Waals surface area contributed by atoms with Crippen LogP contribution in [0.3, 0.4) is 0 Å². The summed E-state index contributed by atoms with van der Waals surface area (Å²) in [6.45, 7) is 2.34. The maximum Gasteiger partial charge on any atom is 0.309 e. The zero-order valence-electron chi connectivity index (χ0n) is 11.8.